The zero-order valence-corrected chi connectivity index (χ0v) is 26.1. The third kappa shape index (κ3) is 6.85. The van der Waals surface area contributed by atoms with Gasteiger partial charge < -0.3 is 20.2 Å². The molecule has 1 aliphatic rings. The maximum Gasteiger partial charge on any atom is 0.239 e. The fourth-order valence-corrected chi connectivity index (χ4v) is 6.10. The van der Waals surface area contributed by atoms with Crippen molar-refractivity contribution < 1.29 is 19.1 Å². The molecule has 0 saturated heterocycles. The summed E-state index contributed by atoms with van der Waals surface area (Å²) in [7, 11) is -0.857. The Morgan fingerprint density at radius 3 is 2.51 bits per heavy atom. The van der Waals surface area contributed by atoms with Crippen molar-refractivity contribution in [3.8, 4) is 11.4 Å². The molecule has 0 fully saturated rings. The molecule has 0 radical (unpaired) electrons. The first-order chi connectivity index (χ1) is 20.5. The lowest BCUT2D eigenvalue weighted by atomic mass is 10.00. The van der Waals surface area contributed by atoms with Gasteiger partial charge in [0.2, 0.25) is 20.1 Å². The standard InChI is InChI=1S/C31H33ClN6O4Si/c1-19-36-37-31-26(16-28(39)34-18-29(40)33-17-20-6-5-7-24(14-20)43(3,4)41)35-30(21-8-10-22(32)11-9-21)25-15-23(42-2)12-13-27(25)38(19)31/h5-15,26,41H,16-18H2,1-4H3,(H,33,40)(H,34,39)/t26-/m0/s1. The molecule has 0 aliphatic carbocycles. The van der Waals surface area contributed by atoms with E-state index >= 15 is 0 Å². The van der Waals surface area contributed by atoms with Crippen LogP contribution in [0.5, 0.6) is 5.75 Å². The van der Waals surface area contributed by atoms with E-state index in [0.717, 1.165) is 27.6 Å². The predicted octanol–water partition coefficient (Wildman–Crippen LogP) is 3.36. The van der Waals surface area contributed by atoms with Crippen molar-refractivity contribution in [3.63, 3.8) is 0 Å². The number of amides is 2. The Morgan fingerprint density at radius 1 is 1.02 bits per heavy atom. The van der Waals surface area contributed by atoms with Crippen LogP contribution in [0.3, 0.4) is 0 Å². The molecule has 1 aromatic heterocycles. The minimum absolute atomic E-state index is 0.0497. The Hall–Kier alpha value is -4.32. The molecule has 1 aliphatic heterocycles. The molecule has 12 heteroatoms. The van der Waals surface area contributed by atoms with Crippen LogP contribution in [-0.4, -0.2) is 59.1 Å². The van der Waals surface area contributed by atoms with E-state index in [2.05, 4.69) is 20.8 Å². The molecule has 0 spiro atoms. The minimum atomic E-state index is -2.46. The van der Waals surface area contributed by atoms with Crippen molar-refractivity contribution in [1.82, 2.24) is 25.4 Å². The lowest BCUT2D eigenvalue weighted by Crippen LogP contribution is -2.41. The average Bonchev–Trinajstić information content (AvgIpc) is 3.31. The molecular weight excluding hydrogens is 584 g/mol. The summed E-state index contributed by atoms with van der Waals surface area (Å²) in [6.45, 7) is 5.63. The van der Waals surface area contributed by atoms with Gasteiger partial charge in [-0.05, 0) is 61.1 Å². The number of nitrogens with zero attached hydrogens (tertiary/aromatic N) is 4. The van der Waals surface area contributed by atoms with Crippen molar-refractivity contribution in [2.24, 2.45) is 4.99 Å². The molecule has 222 valence electrons. The van der Waals surface area contributed by atoms with E-state index in [4.69, 9.17) is 21.3 Å². The molecule has 2 heterocycles. The number of carbonyl (C=O) groups excluding carboxylic acids is 2. The van der Waals surface area contributed by atoms with Crippen molar-refractivity contribution in [2.75, 3.05) is 13.7 Å². The van der Waals surface area contributed by atoms with E-state index in [1.54, 1.807) is 19.2 Å². The monoisotopic (exact) mass is 616 g/mol. The molecule has 3 aromatic carbocycles. The SMILES string of the molecule is COc1ccc2c(c1)C(c1ccc(Cl)cc1)=N[C@@H](CC(=O)NCC(=O)NCc1cccc([Si](C)(C)O)c1)c1nnc(C)n1-2. The topological polar surface area (TPSA) is 131 Å². The molecule has 1 atom stereocenters. The predicted molar refractivity (Wildman–Crippen MR) is 168 cm³/mol. The van der Waals surface area contributed by atoms with Gasteiger partial charge in [-0.1, -0.05) is 48.0 Å². The Bertz CT molecular complexity index is 1700. The van der Waals surface area contributed by atoms with Gasteiger partial charge in [-0.2, -0.15) is 0 Å². The van der Waals surface area contributed by atoms with Gasteiger partial charge in [0.05, 0.1) is 31.5 Å². The summed E-state index contributed by atoms with van der Waals surface area (Å²) < 4.78 is 7.41. The van der Waals surface area contributed by atoms with Crippen LogP contribution in [0.15, 0.2) is 71.7 Å². The molecule has 0 saturated carbocycles. The van der Waals surface area contributed by atoms with E-state index in [1.165, 1.54) is 0 Å². The van der Waals surface area contributed by atoms with E-state index in [1.807, 2.05) is 79.2 Å². The second-order valence-electron chi connectivity index (χ2n) is 10.8. The van der Waals surface area contributed by atoms with Gasteiger partial charge in [-0.15, -0.1) is 10.2 Å². The maximum atomic E-state index is 13.2. The molecular formula is C31H33ClN6O4Si. The highest BCUT2D eigenvalue weighted by molar-refractivity contribution is 6.83. The normalized spacial score (nSPS) is 14.2. The zero-order valence-electron chi connectivity index (χ0n) is 24.4. The lowest BCUT2D eigenvalue weighted by molar-refractivity contribution is -0.126. The molecule has 10 nitrogen and oxygen atoms in total. The molecule has 4 aromatic rings. The van der Waals surface area contributed by atoms with Crippen LogP contribution in [0.1, 0.15) is 40.8 Å². The van der Waals surface area contributed by atoms with Crippen molar-refractivity contribution in [2.45, 2.75) is 39.0 Å². The summed E-state index contributed by atoms with van der Waals surface area (Å²) in [4.78, 5) is 41.2. The highest BCUT2D eigenvalue weighted by atomic mass is 35.5. The number of ether oxygens (including phenoxy) is 1. The summed E-state index contributed by atoms with van der Waals surface area (Å²) in [6, 6.07) is 19.9. The summed E-state index contributed by atoms with van der Waals surface area (Å²) in [5.41, 5.74) is 3.95. The van der Waals surface area contributed by atoms with Gasteiger partial charge in [0.25, 0.3) is 0 Å². The fraction of sp³-hybridized carbons (Fsp3) is 0.258. The van der Waals surface area contributed by atoms with Crippen molar-refractivity contribution in [1.29, 1.82) is 0 Å². The van der Waals surface area contributed by atoms with Gasteiger partial charge >= 0.3 is 0 Å². The molecule has 3 N–H and O–H groups in total. The molecule has 0 unspecified atom stereocenters. The number of nitrogens with one attached hydrogen (secondary N) is 2. The van der Waals surface area contributed by atoms with Gasteiger partial charge in [-0.25, -0.2) is 0 Å². The third-order valence-corrected chi connectivity index (χ3v) is 9.17. The number of hydrogen-bond donors (Lipinski definition) is 3. The Morgan fingerprint density at radius 2 is 1.79 bits per heavy atom. The second kappa shape index (κ2) is 12.5. The first-order valence-electron chi connectivity index (χ1n) is 13.8. The Balaban J connectivity index is 1.35. The summed E-state index contributed by atoms with van der Waals surface area (Å²) in [5, 5.41) is 15.7. The highest BCUT2D eigenvalue weighted by Crippen LogP contribution is 2.34. The van der Waals surface area contributed by atoms with Crippen LogP contribution < -0.4 is 20.6 Å². The molecule has 0 bridgehead atoms. The Kier molecular flexibility index (Phi) is 8.76. The summed E-state index contributed by atoms with van der Waals surface area (Å²) in [6.07, 6.45) is -0.0497. The van der Waals surface area contributed by atoms with Crippen LogP contribution in [0.4, 0.5) is 0 Å². The van der Waals surface area contributed by atoms with Crippen LogP contribution in [0.2, 0.25) is 18.1 Å². The van der Waals surface area contributed by atoms with E-state index < -0.39 is 14.4 Å². The number of rotatable bonds is 9. The summed E-state index contributed by atoms with van der Waals surface area (Å²) in [5.74, 6) is 1.13. The van der Waals surface area contributed by atoms with Gasteiger partial charge in [0, 0.05) is 22.7 Å². The quantitative estimate of drug-likeness (QED) is 0.247. The van der Waals surface area contributed by atoms with E-state index in [-0.39, 0.29) is 31.3 Å². The molecule has 2 amide bonds. The molecule has 5 rings (SSSR count). The fourth-order valence-electron chi connectivity index (χ4n) is 4.93. The van der Waals surface area contributed by atoms with E-state index in [9.17, 15) is 14.4 Å². The van der Waals surface area contributed by atoms with Gasteiger partial charge in [0.1, 0.15) is 17.6 Å². The smallest absolute Gasteiger partial charge is 0.239 e. The Labute approximate surface area is 255 Å². The molecule has 43 heavy (non-hydrogen) atoms. The second-order valence-corrected chi connectivity index (χ2v) is 15.0. The number of aryl methyl sites for hydroxylation is 1. The number of aromatic nitrogens is 3. The van der Waals surface area contributed by atoms with Crippen LogP contribution in [0.25, 0.3) is 5.69 Å². The first-order valence-corrected chi connectivity index (χ1v) is 17.2. The largest absolute Gasteiger partial charge is 0.497 e. The van der Waals surface area contributed by atoms with Crippen molar-refractivity contribution >= 4 is 42.6 Å². The number of hydrogen-bond acceptors (Lipinski definition) is 7. The average molecular weight is 617 g/mol. The number of methoxy groups -OCH3 is 1. The number of carbonyl (C=O) groups is 2. The van der Waals surface area contributed by atoms with E-state index in [0.29, 0.717) is 28.1 Å². The van der Waals surface area contributed by atoms with Crippen molar-refractivity contribution in [3.05, 3.63) is 100 Å². The maximum absolute atomic E-state index is 13.2. The van der Waals surface area contributed by atoms with Crippen LogP contribution >= 0.6 is 11.6 Å². The number of halogens is 1. The number of fused-ring (bicyclic) bond motifs is 3. The van der Waals surface area contributed by atoms with Crippen LogP contribution in [-0.2, 0) is 16.1 Å². The number of aliphatic imine (C=N–C) groups is 1. The highest BCUT2D eigenvalue weighted by Gasteiger charge is 2.30. The first kappa shape index (κ1) is 30.1. The van der Waals surface area contributed by atoms with Crippen LogP contribution in [0, 0.1) is 6.92 Å². The minimum Gasteiger partial charge on any atom is -0.497 e. The summed E-state index contributed by atoms with van der Waals surface area (Å²) >= 11 is 6.17. The van der Waals surface area contributed by atoms with Gasteiger partial charge in [0.15, 0.2) is 5.82 Å². The third-order valence-electron chi connectivity index (χ3n) is 7.20. The lowest BCUT2D eigenvalue weighted by Gasteiger charge is -2.16. The van der Waals surface area contributed by atoms with Gasteiger partial charge in [-0.3, -0.25) is 19.1 Å². The zero-order chi connectivity index (χ0) is 30.7. The number of benzene rings is 3.